The first-order valence-electron chi connectivity index (χ1n) is 9.18. The van der Waals surface area contributed by atoms with Crippen LogP contribution in [0.3, 0.4) is 0 Å². The van der Waals surface area contributed by atoms with Crippen LogP contribution in [0, 0.1) is 0 Å². The van der Waals surface area contributed by atoms with E-state index in [4.69, 9.17) is 14.2 Å². The third-order valence-corrected chi connectivity index (χ3v) is 4.53. The zero-order chi connectivity index (χ0) is 20.4. The summed E-state index contributed by atoms with van der Waals surface area (Å²) in [6.07, 6.45) is -0.988. The lowest BCUT2D eigenvalue weighted by Crippen LogP contribution is -2.58. The molecule has 0 fully saturated rings. The fraction of sp³-hybridized carbons (Fsp3) is 0.364. The molecule has 6 nitrogen and oxygen atoms in total. The molecule has 0 aromatic heterocycles. The Morgan fingerprint density at radius 3 is 2.14 bits per heavy atom. The van der Waals surface area contributed by atoms with Crippen LogP contribution in [0.15, 0.2) is 60.7 Å². The topological polar surface area (TPSA) is 73.9 Å². The van der Waals surface area contributed by atoms with Gasteiger partial charge in [0.05, 0.1) is 20.1 Å². The molecule has 0 bridgehead atoms. The minimum Gasteiger partial charge on any atom is -0.469 e. The number of hydrogen-bond acceptors (Lipinski definition) is 6. The maximum Gasteiger partial charge on any atom is 0.330 e. The lowest BCUT2D eigenvalue weighted by atomic mass is 9.83. The van der Waals surface area contributed by atoms with E-state index in [0.717, 1.165) is 11.1 Å². The van der Waals surface area contributed by atoms with Gasteiger partial charge in [0, 0.05) is 13.7 Å². The summed E-state index contributed by atoms with van der Waals surface area (Å²) in [6.45, 7) is 2.26. The van der Waals surface area contributed by atoms with Gasteiger partial charge in [-0.05, 0) is 18.1 Å². The van der Waals surface area contributed by atoms with E-state index >= 15 is 0 Å². The zero-order valence-electron chi connectivity index (χ0n) is 16.5. The fourth-order valence-corrected chi connectivity index (χ4v) is 3.16. The molecule has 0 radical (unpaired) electrons. The number of benzene rings is 2. The molecule has 28 heavy (non-hydrogen) atoms. The normalized spacial score (nSPS) is 14.0. The summed E-state index contributed by atoms with van der Waals surface area (Å²) < 4.78 is 16.0. The highest BCUT2D eigenvalue weighted by atomic mass is 16.5. The Labute approximate surface area is 165 Å². The number of nitrogens with one attached hydrogen (secondary N) is 1. The Bertz CT molecular complexity index is 750. The molecule has 0 heterocycles. The second-order valence-electron chi connectivity index (χ2n) is 6.31. The minimum atomic E-state index is -1.45. The second kappa shape index (κ2) is 10.6. The van der Waals surface area contributed by atoms with E-state index in [1.54, 1.807) is 6.92 Å². The average molecular weight is 385 g/mol. The Hall–Kier alpha value is -2.70. The smallest absolute Gasteiger partial charge is 0.330 e. The standard InChI is InChI=1S/C22H27NO5/c1-4-28-21(25)22(15-19(24)26-2,23-16-17-11-7-5-8-12-17)20(27-3)18-13-9-6-10-14-18/h5-14,20,23H,4,15-16H2,1-3H3. The van der Waals surface area contributed by atoms with Gasteiger partial charge in [-0.1, -0.05) is 60.7 Å². The van der Waals surface area contributed by atoms with Crippen molar-refractivity contribution in [2.75, 3.05) is 20.8 Å². The molecule has 6 heteroatoms. The van der Waals surface area contributed by atoms with E-state index in [2.05, 4.69) is 5.32 Å². The van der Waals surface area contributed by atoms with Crippen molar-refractivity contribution in [3.63, 3.8) is 0 Å². The quantitative estimate of drug-likeness (QED) is 0.634. The SMILES string of the molecule is CCOC(=O)C(CC(=O)OC)(NCc1ccccc1)C(OC)c1ccccc1. The molecule has 2 aromatic carbocycles. The van der Waals surface area contributed by atoms with Crippen molar-refractivity contribution >= 4 is 11.9 Å². The summed E-state index contributed by atoms with van der Waals surface area (Å²) in [5, 5.41) is 3.25. The van der Waals surface area contributed by atoms with Crippen molar-refractivity contribution in [3.05, 3.63) is 71.8 Å². The Balaban J connectivity index is 2.50. The second-order valence-corrected chi connectivity index (χ2v) is 6.31. The molecule has 0 aliphatic carbocycles. The van der Waals surface area contributed by atoms with Crippen LogP contribution < -0.4 is 5.32 Å². The number of carbonyl (C=O) groups is 2. The van der Waals surface area contributed by atoms with E-state index in [1.165, 1.54) is 14.2 Å². The summed E-state index contributed by atoms with van der Waals surface area (Å²) >= 11 is 0. The third-order valence-electron chi connectivity index (χ3n) is 4.53. The van der Waals surface area contributed by atoms with Gasteiger partial charge in [0.25, 0.3) is 0 Å². The number of rotatable bonds is 10. The average Bonchev–Trinajstić information content (AvgIpc) is 2.74. The van der Waals surface area contributed by atoms with Gasteiger partial charge < -0.3 is 14.2 Å². The number of carbonyl (C=O) groups excluding carboxylic acids is 2. The zero-order valence-corrected chi connectivity index (χ0v) is 16.5. The van der Waals surface area contributed by atoms with Crippen molar-refractivity contribution in [1.82, 2.24) is 5.32 Å². The molecule has 0 saturated carbocycles. The van der Waals surface area contributed by atoms with Gasteiger partial charge in [-0.25, -0.2) is 4.79 Å². The highest BCUT2D eigenvalue weighted by Crippen LogP contribution is 2.34. The van der Waals surface area contributed by atoms with Gasteiger partial charge in [0.15, 0.2) is 5.54 Å². The summed E-state index contributed by atoms with van der Waals surface area (Å²) in [6, 6.07) is 18.9. The highest BCUT2D eigenvalue weighted by molar-refractivity contribution is 5.88. The molecule has 0 spiro atoms. The number of esters is 2. The van der Waals surface area contributed by atoms with Gasteiger partial charge in [-0.3, -0.25) is 10.1 Å². The van der Waals surface area contributed by atoms with Gasteiger partial charge in [0.1, 0.15) is 6.10 Å². The lowest BCUT2D eigenvalue weighted by molar-refractivity contribution is -0.165. The summed E-state index contributed by atoms with van der Waals surface area (Å²) in [7, 11) is 2.80. The maximum absolute atomic E-state index is 13.1. The van der Waals surface area contributed by atoms with Gasteiger partial charge in [-0.15, -0.1) is 0 Å². The third kappa shape index (κ3) is 5.18. The van der Waals surface area contributed by atoms with Crippen molar-refractivity contribution in [3.8, 4) is 0 Å². The molecular weight excluding hydrogens is 358 g/mol. The number of methoxy groups -OCH3 is 2. The van der Waals surface area contributed by atoms with Crippen LogP contribution in [0.1, 0.15) is 30.6 Å². The van der Waals surface area contributed by atoms with Crippen LogP contribution in [0.4, 0.5) is 0 Å². The van der Waals surface area contributed by atoms with Crippen LogP contribution in [-0.2, 0) is 30.3 Å². The van der Waals surface area contributed by atoms with Crippen molar-refractivity contribution < 1.29 is 23.8 Å². The van der Waals surface area contributed by atoms with E-state index in [1.807, 2.05) is 60.7 Å². The van der Waals surface area contributed by atoms with Gasteiger partial charge in [-0.2, -0.15) is 0 Å². The molecule has 0 amide bonds. The molecule has 2 rings (SSSR count). The lowest BCUT2D eigenvalue weighted by Gasteiger charge is -2.38. The van der Waals surface area contributed by atoms with Gasteiger partial charge in [0.2, 0.25) is 0 Å². The summed E-state index contributed by atoms with van der Waals surface area (Å²) in [5.74, 6) is -1.10. The Kier molecular flexibility index (Phi) is 8.17. The van der Waals surface area contributed by atoms with Crippen LogP contribution >= 0.6 is 0 Å². The first-order chi connectivity index (χ1) is 13.6. The molecule has 1 N–H and O–H groups in total. The fourth-order valence-electron chi connectivity index (χ4n) is 3.16. The Morgan fingerprint density at radius 2 is 1.61 bits per heavy atom. The van der Waals surface area contributed by atoms with Crippen molar-refractivity contribution in [1.29, 1.82) is 0 Å². The molecule has 0 aliphatic heterocycles. The van der Waals surface area contributed by atoms with Crippen molar-refractivity contribution in [2.24, 2.45) is 0 Å². The Morgan fingerprint density at radius 1 is 1.00 bits per heavy atom. The molecule has 0 aliphatic rings. The molecule has 2 atom stereocenters. The van der Waals surface area contributed by atoms with E-state index in [9.17, 15) is 9.59 Å². The van der Waals surface area contributed by atoms with Crippen LogP contribution in [0.25, 0.3) is 0 Å². The summed E-state index contributed by atoms with van der Waals surface area (Å²) in [4.78, 5) is 25.4. The molecule has 150 valence electrons. The van der Waals surface area contributed by atoms with E-state index in [-0.39, 0.29) is 13.0 Å². The van der Waals surface area contributed by atoms with Crippen LogP contribution in [-0.4, -0.2) is 38.3 Å². The summed E-state index contributed by atoms with van der Waals surface area (Å²) in [5.41, 5.74) is 0.265. The minimum absolute atomic E-state index is 0.181. The predicted molar refractivity (Wildman–Crippen MR) is 105 cm³/mol. The van der Waals surface area contributed by atoms with Gasteiger partial charge >= 0.3 is 11.9 Å². The predicted octanol–water partition coefficient (Wildman–Crippen LogP) is 3.03. The number of ether oxygens (including phenoxy) is 3. The first kappa shape index (κ1) is 21.6. The maximum atomic E-state index is 13.1. The van der Waals surface area contributed by atoms with E-state index < -0.39 is 23.6 Å². The molecule has 0 saturated heterocycles. The van der Waals surface area contributed by atoms with Crippen molar-refractivity contribution in [2.45, 2.75) is 31.5 Å². The molecule has 2 aromatic rings. The largest absolute Gasteiger partial charge is 0.469 e. The molecule has 2 unspecified atom stereocenters. The number of hydrogen-bond donors (Lipinski definition) is 1. The van der Waals surface area contributed by atoms with Crippen LogP contribution in [0.2, 0.25) is 0 Å². The monoisotopic (exact) mass is 385 g/mol. The van der Waals surface area contributed by atoms with E-state index in [0.29, 0.717) is 6.54 Å². The molecular formula is C22H27NO5. The van der Waals surface area contributed by atoms with Crippen LogP contribution in [0.5, 0.6) is 0 Å². The highest BCUT2D eigenvalue weighted by Gasteiger charge is 2.50. The first-order valence-corrected chi connectivity index (χ1v) is 9.18.